The molecule has 0 bridgehead atoms. The van der Waals surface area contributed by atoms with Crippen molar-refractivity contribution >= 4 is 17.4 Å². The Bertz CT molecular complexity index is 1110. The number of carbonyl (C=O) groups is 1. The van der Waals surface area contributed by atoms with Crippen molar-refractivity contribution in [3.05, 3.63) is 96.1 Å². The molecule has 0 aliphatic carbocycles. The lowest BCUT2D eigenvalue weighted by Gasteiger charge is -2.61. The molecule has 2 fully saturated rings. The third-order valence-electron chi connectivity index (χ3n) is 6.79. The number of amides is 2. The predicted molar refractivity (Wildman–Crippen MR) is 122 cm³/mol. The Morgan fingerprint density at radius 1 is 0.906 bits per heavy atom. The smallest absolute Gasteiger partial charge is 0.321 e. The van der Waals surface area contributed by atoms with Crippen LogP contribution in [0.15, 0.2) is 78.9 Å². The summed E-state index contributed by atoms with van der Waals surface area (Å²) >= 11 is 0. The lowest BCUT2D eigenvalue weighted by Crippen LogP contribution is -2.63. The van der Waals surface area contributed by atoms with Crippen LogP contribution < -0.4 is 10.2 Å². The molecule has 4 nitrogen and oxygen atoms in total. The van der Waals surface area contributed by atoms with Crippen molar-refractivity contribution in [2.75, 3.05) is 29.9 Å². The highest BCUT2D eigenvalue weighted by atomic mass is 19.1. The molecular formula is C26H25F2N3O. The largest absolute Gasteiger partial charge is 0.363 e. The van der Waals surface area contributed by atoms with Crippen LogP contribution in [0.3, 0.4) is 0 Å². The Labute approximate surface area is 186 Å². The molecule has 6 heteroatoms. The average Bonchev–Trinajstić information content (AvgIpc) is 2.80. The molecule has 164 valence electrons. The fourth-order valence-electron chi connectivity index (χ4n) is 5.14. The first-order valence-electron chi connectivity index (χ1n) is 10.9. The van der Waals surface area contributed by atoms with E-state index in [4.69, 9.17) is 0 Å². The van der Waals surface area contributed by atoms with Gasteiger partial charge in [0.1, 0.15) is 11.6 Å². The molecule has 3 aromatic carbocycles. The summed E-state index contributed by atoms with van der Waals surface area (Å²) < 4.78 is 27.8. The summed E-state index contributed by atoms with van der Waals surface area (Å²) in [5.74, 6) is -0.682. The molecule has 2 heterocycles. The van der Waals surface area contributed by atoms with Crippen molar-refractivity contribution in [1.82, 2.24) is 4.90 Å². The molecule has 2 aliphatic heterocycles. The van der Waals surface area contributed by atoms with E-state index in [1.807, 2.05) is 24.3 Å². The van der Waals surface area contributed by atoms with Gasteiger partial charge in [-0.15, -0.1) is 0 Å². The fourth-order valence-corrected chi connectivity index (χ4v) is 5.14. The van der Waals surface area contributed by atoms with Gasteiger partial charge < -0.3 is 15.1 Å². The molecule has 0 aromatic heterocycles. The van der Waals surface area contributed by atoms with Gasteiger partial charge in [-0.1, -0.05) is 48.5 Å². The van der Waals surface area contributed by atoms with Crippen LogP contribution in [-0.2, 0) is 0 Å². The second kappa shape index (κ2) is 8.26. The highest BCUT2D eigenvalue weighted by molar-refractivity contribution is 5.89. The van der Waals surface area contributed by atoms with Crippen molar-refractivity contribution in [2.24, 2.45) is 5.41 Å². The van der Waals surface area contributed by atoms with Gasteiger partial charge in [0.25, 0.3) is 0 Å². The van der Waals surface area contributed by atoms with E-state index in [0.717, 1.165) is 25.1 Å². The average molecular weight is 434 g/mol. The van der Waals surface area contributed by atoms with Crippen molar-refractivity contribution < 1.29 is 13.6 Å². The SMILES string of the molecule is O=C(Nc1ccccc1F)N1CCC2(CC1)CN(c1cccc(F)c1)C2c1ccccc1. The molecule has 3 aromatic rings. The Kier molecular flexibility index (Phi) is 5.29. The van der Waals surface area contributed by atoms with Crippen LogP contribution in [-0.4, -0.2) is 30.6 Å². The zero-order valence-corrected chi connectivity index (χ0v) is 17.7. The van der Waals surface area contributed by atoms with E-state index in [-0.39, 0.29) is 29.0 Å². The third-order valence-corrected chi connectivity index (χ3v) is 6.79. The van der Waals surface area contributed by atoms with E-state index in [2.05, 4.69) is 22.3 Å². The minimum atomic E-state index is -0.441. The van der Waals surface area contributed by atoms with Gasteiger partial charge in [0.05, 0.1) is 11.7 Å². The number of benzene rings is 3. The number of anilines is 2. The van der Waals surface area contributed by atoms with Gasteiger partial charge in [0.2, 0.25) is 0 Å². The molecule has 0 radical (unpaired) electrons. The van der Waals surface area contributed by atoms with Crippen LogP contribution in [0.2, 0.25) is 0 Å². The molecule has 2 amide bonds. The summed E-state index contributed by atoms with van der Waals surface area (Å²) in [4.78, 5) is 16.7. The number of carbonyl (C=O) groups excluding carboxylic acids is 1. The summed E-state index contributed by atoms with van der Waals surface area (Å²) in [7, 11) is 0. The summed E-state index contributed by atoms with van der Waals surface area (Å²) in [6.07, 6.45) is 1.67. The number of hydrogen-bond donors (Lipinski definition) is 1. The molecule has 1 atom stereocenters. The second-order valence-corrected chi connectivity index (χ2v) is 8.68. The number of rotatable bonds is 3. The zero-order valence-electron chi connectivity index (χ0n) is 17.7. The van der Waals surface area contributed by atoms with Crippen LogP contribution in [0.5, 0.6) is 0 Å². The highest BCUT2D eigenvalue weighted by Gasteiger charge is 2.54. The van der Waals surface area contributed by atoms with Gasteiger partial charge in [0, 0.05) is 30.7 Å². The first kappa shape index (κ1) is 20.5. The molecule has 1 spiro atoms. The van der Waals surface area contributed by atoms with Gasteiger partial charge >= 0.3 is 6.03 Å². The normalized spacial score (nSPS) is 19.5. The predicted octanol–water partition coefficient (Wildman–Crippen LogP) is 5.84. The third kappa shape index (κ3) is 3.70. The molecule has 2 saturated heterocycles. The standard InChI is InChI=1S/C26H25F2N3O/c27-20-9-6-10-21(17-20)31-18-26(24(31)19-7-2-1-3-8-19)13-15-30(16-14-26)25(32)29-23-12-5-4-11-22(23)28/h1-12,17,24H,13-16,18H2,(H,29,32). The number of nitrogens with one attached hydrogen (secondary N) is 1. The number of nitrogens with zero attached hydrogens (tertiary/aromatic N) is 2. The van der Waals surface area contributed by atoms with Gasteiger partial charge in [-0.05, 0) is 48.7 Å². The van der Waals surface area contributed by atoms with E-state index in [9.17, 15) is 13.6 Å². The van der Waals surface area contributed by atoms with Crippen LogP contribution in [0.4, 0.5) is 25.0 Å². The van der Waals surface area contributed by atoms with E-state index >= 15 is 0 Å². The number of piperidine rings is 1. The number of urea groups is 1. The van der Waals surface area contributed by atoms with Gasteiger partial charge in [-0.2, -0.15) is 0 Å². The summed E-state index contributed by atoms with van der Waals surface area (Å²) in [5, 5.41) is 2.69. The minimum absolute atomic E-state index is 0.0163. The van der Waals surface area contributed by atoms with Crippen LogP contribution >= 0.6 is 0 Å². The quantitative estimate of drug-likeness (QED) is 0.563. The fraction of sp³-hybridized carbons (Fsp3) is 0.269. The lowest BCUT2D eigenvalue weighted by atomic mass is 9.63. The van der Waals surface area contributed by atoms with Crippen molar-refractivity contribution in [3.63, 3.8) is 0 Å². The van der Waals surface area contributed by atoms with Crippen molar-refractivity contribution in [3.8, 4) is 0 Å². The summed E-state index contributed by atoms with van der Waals surface area (Å²) in [6.45, 7) is 2.01. The van der Waals surface area contributed by atoms with E-state index in [0.29, 0.717) is 13.1 Å². The van der Waals surface area contributed by atoms with Crippen LogP contribution in [0, 0.1) is 17.0 Å². The first-order valence-corrected chi connectivity index (χ1v) is 10.9. The van der Waals surface area contributed by atoms with Gasteiger partial charge in [0.15, 0.2) is 0 Å². The molecule has 2 aliphatic rings. The summed E-state index contributed by atoms with van der Waals surface area (Å²) in [5.41, 5.74) is 2.29. The Balaban J connectivity index is 1.33. The molecular weight excluding hydrogens is 408 g/mol. The maximum Gasteiger partial charge on any atom is 0.321 e. The Morgan fingerprint density at radius 2 is 1.62 bits per heavy atom. The van der Waals surface area contributed by atoms with Crippen LogP contribution in [0.25, 0.3) is 0 Å². The van der Waals surface area contributed by atoms with E-state index in [1.54, 1.807) is 35.2 Å². The van der Waals surface area contributed by atoms with E-state index in [1.165, 1.54) is 17.7 Å². The number of halogens is 2. The minimum Gasteiger partial charge on any atom is -0.363 e. The highest BCUT2D eigenvalue weighted by Crippen LogP contribution is 2.56. The van der Waals surface area contributed by atoms with Gasteiger partial charge in [-0.3, -0.25) is 0 Å². The Morgan fingerprint density at radius 3 is 2.34 bits per heavy atom. The van der Waals surface area contributed by atoms with E-state index < -0.39 is 5.82 Å². The lowest BCUT2D eigenvalue weighted by molar-refractivity contribution is 0.0459. The second-order valence-electron chi connectivity index (χ2n) is 8.68. The molecule has 1 N–H and O–H groups in total. The zero-order chi connectivity index (χ0) is 22.1. The van der Waals surface area contributed by atoms with Crippen molar-refractivity contribution in [1.29, 1.82) is 0 Å². The summed E-state index contributed by atoms with van der Waals surface area (Å²) in [6, 6.07) is 23.1. The number of likely N-dealkylation sites (tertiary alicyclic amines) is 1. The molecule has 0 saturated carbocycles. The topological polar surface area (TPSA) is 35.6 Å². The molecule has 32 heavy (non-hydrogen) atoms. The number of hydrogen-bond acceptors (Lipinski definition) is 2. The van der Waals surface area contributed by atoms with Crippen LogP contribution in [0.1, 0.15) is 24.4 Å². The van der Waals surface area contributed by atoms with Crippen molar-refractivity contribution in [2.45, 2.75) is 18.9 Å². The molecule has 1 unspecified atom stereocenters. The first-order chi connectivity index (χ1) is 15.6. The van der Waals surface area contributed by atoms with Gasteiger partial charge in [-0.25, -0.2) is 13.6 Å². The number of para-hydroxylation sites is 1. The maximum atomic E-state index is 13.9. The maximum absolute atomic E-state index is 13.9. The molecule has 5 rings (SSSR count). The monoisotopic (exact) mass is 433 g/mol. The Hall–Kier alpha value is -3.41.